The summed E-state index contributed by atoms with van der Waals surface area (Å²) in [4.78, 5) is 8.73. The minimum atomic E-state index is -4.56. The van der Waals surface area contributed by atoms with E-state index in [4.69, 9.17) is 11.0 Å². The summed E-state index contributed by atoms with van der Waals surface area (Å²) < 4.78 is 38.0. The molecule has 19 heavy (non-hydrogen) atoms. The Labute approximate surface area is 107 Å². The average molecular weight is 271 g/mol. The Bertz CT molecular complexity index is 504. The summed E-state index contributed by atoms with van der Waals surface area (Å²) >= 11 is 0. The summed E-state index contributed by atoms with van der Waals surface area (Å²) in [5, 5.41) is 8.59. The molecule has 2 rings (SSSR count). The van der Waals surface area contributed by atoms with E-state index < -0.39 is 17.8 Å². The molecule has 2 N–H and O–H groups in total. The molecule has 0 unspecified atom stereocenters. The molecule has 1 heterocycles. The second kappa shape index (κ2) is 4.91. The predicted molar refractivity (Wildman–Crippen MR) is 62.0 cm³/mol. The third kappa shape index (κ3) is 3.24. The fourth-order valence-electron chi connectivity index (χ4n) is 1.79. The maximum Gasteiger partial charge on any atom is 0.433 e. The molecule has 102 valence electrons. The van der Waals surface area contributed by atoms with E-state index in [1.54, 1.807) is 4.90 Å². The van der Waals surface area contributed by atoms with Crippen LogP contribution in [-0.2, 0) is 6.18 Å². The van der Waals surface area contributed by atoms with Gasteiger partial charge in [0.15, 0.2) is 5.69 Å². The molecule has 1 aromatic heterocycles. The number of alkyl halides is 3. The summed E-state index contributed by atoms with van der Waals surface area (Å²) in [6.45, 7) is 0.342. The molecule has 1 aromatic rings. The molecule has 1 aliphatic carbocycles. The number of nitrogens with two attached hydrogens (primary N) is 1. The summed E-state index contributed by atoms with van der Waals surface area (Å²) in [6.07, 6.45) is -2.56. The molecule has 1 fully saturated rings. The summed E-state index contributed by atoms with van der Waals surface area (Å²) in [7, 11) is 0. The van der Waals surface area contributed by atoms with Gasteiger partial charge in [-0.3, -0.25) is 0 Å². The Hall–Kier alpha value is -2.04. The molecule has 0 saturated heterocycles. The number of rotatable bonds is 4. The molecule has 0 spiro atoms. The van der Waals surface area contributed by atoms with Crippen LogP contribution in [0.3, 0.4) is 0 Å². The van der Waals surface area contributed by atoms with E-state index in [1.165, 1.54) is 0 Å². The van der Waals surface area contributed by atoms with Gasteiger partial charge in [-0.05, 0) is 12.8 Å². The zero-order chi connectivity index (χ0) is 14.0. The van der Waals surface area contributed by atoms with Crippen LogP contribution in [-0.4, -0.2) is 22.6 Å². The van der Waals surface area contributed by atoms with Crippen molar-refractivity contribution >= 4 is 11.8 Å². The molecular formula is C11H12F3N5. The fourth-order valence-corrected chi connectivity index (χ4v) is 1.79. The second-order valence-corrected chi connectivity index (χ2v) is 4.30. The Morgan fingerprint density at radius 2 is 2.11 bits per heavy atom. The maximum absolute atomic E-state index is 12.7. The van der Waals surface area contributed by atoms with Gasteiger partial charge < -0.3 is 10.6 Å². The number of halogens is 3. The molecule has 0 bridgehead atoms. The van der Waals surface area contributed by atoms with E-state index in [9.17, 15) is 13.2 Å². The van der Waals surface area contributed by atoms with Crippen molar-refractivity contribution < 1.29 is 13.2 Å². The van der Waals surface area contributed by atoms with Gasteiger partial charge in [-0.15, -0.1) is 0 Å². The third-order valence-electron chi connectivity index (χ3n) is 2.77. The Balaban J connectivity index is 2.31. The monoisotopic (exact) mass is 271 g/mol. The number of anilines is 2. The topological polar surface area (TPSA) is 78.8 Å². The molecule has 5 nitrogen and oxygen atoms in total. The minimum Gasteiger partial charge on any atom is -0.368 e. The van der Waals surface area contributed by atoms with Crippen LogP contribution in [0.5, 0.6) is 0 Å². The summed E-state index contributed by atoms with van der Waals surface area (Å²) in [6, 6.07) is 2.99. The highest BCUT2D eigenvalue weighted by Crippen LogP contribution is 2.34. The smallest absolute Gasteiger partial charge is 0.368 e. The number of nitrogen functional groups attached to an aromatic ring is 1. The van der Waals surface area contributed by atoms with Gasteiger partial charge in [-0.2, -0.15) is 23.4 Å². The van der Waals surface area contributed by atoms with Crippen LogP contribution < -0.4 is 10.6 Å². The van der Waals surface area contributed by atoms with Gasteiger partial charge in [0.2, 0.25) is 5.95 Å². The zero-order valence-electron chi connectivity index (χ0n) is 9.98. The van der Waals surface area contributed by atoms with E-state index in [0.29, 0.717) is 6.54 Å². The van der Waals surface area contributed by atoms with Crippen molar-refractivity contribution in [2.75, 3.05) is 17.2 Å². The number of nitrogens with zero attached hydrogens (tertiary/aromatic N) is 4. The molecule has 0 amide bonds. The van der Waals surface area contributed by atoms with Gasteiger partial charge in [0.05, 0.1) is 12.5 Å². The number of aromatic nitrogens is 2. The lowest BCUT2D eigenvalue weighted by Crippen LogP contribution is -2.28. The molecule has 1 aliphatic rings. The number of hydrogen-bond acceptors (Lipinski definition) is 5. The molecule has 0 atom stereocenters. The number of hydrogen-bond donors (Lipinski definition) is 1. The Kier molecular flexibility index (Phi) is 3.46. The molecule has 0 aliphatic heterocycles. The molecule has 8 heteroatoms. The van der Waals surface area contributed by atoms with Gasteiger partial charge in [0.25, 0.3) is 0 Å². The SMILES string of the molecule is N#CCCN(c1cc(C(F)(F)F)nc(N)n1)C1CC1. The predicted octanol–water partition coefficient (Wildman–Crippen LogP) is 1.96. The normalized spacial score (nSPS) is 15.1. The lowest BCUT2D eigenvalue weighted by atomic mass is 10.3. The fraction of sp³-hybridized carbons (Fsp3) is 0.545. The maximum atomic E-state index is 12.7. The van der Waals surface area contributed by atoms with Crippen LogP contribution in [0.15, 0.2) is 6.07 Å². The van der Waals surface area contributed by atoms with E-state index >= 15 is 0 Å². The van der Waals surface area contributed by atoms with Crippen LogP contribution in [0, 0.1) is 11.3 Å². The summed E-state index contributed by atoms with van der Waals surface area (Å²) in [5.74, 6) is -0.273. The van der Waals surface area contributed by atoms with Gasteiger partial charge in [-0.25, -0.2) is 4.98 Å². The van der Waals surface area contributed by atoms with Gasteiger partial charge in [0, 0.05) is 18.7 Å². The quantitative estimate of drug-likeness (QED) is 0.905. The van der Waals surface area contributed by atoms with Crippen molar-refractivity contribution in [2.45, 2.75) is 31.5 Å². The van der Waals surface area contributed by atoms with Crippen molar-refractivity contribution in [3.05, 3.63) is 11.8 Å². The van der Waals surface area contributed by atoms with Crippen LogP contribution in [0.2, 0.25) is 0 Å². The van der Waals surface area contributed by atoms with Gasteiger partial charge >= 0.3 is 6.18 Å². The highest BCUT2D eigenvalue weighted by atomic mass is 19.4. The molecular weight excluding hydrogens is 259 g/mol. The van der Waals surface area contributed by atoms with Crippen LogP contribution in [0.1, 0.15) is 25.0 Å². The highest BCUT2D eigenvalue weighted by Gasteiger charge is 2.36. The van der Waals surface area contributed by atoms with Crippen molar-refractivity contribution in [1.29, 1.82) is 5.26 Å². The third-order valence-corrected chi connectivity index (χ3v) is 2.77. The van der Waals surface area contributed by atoms with Crippen LogP contribution in [0.4, 0.5) is 24.9 Å². The number of nitriles is 1. The van der Waals surface area contributed by atoms with Crippen molar-refractivity contribution in [3.8, 4) is 6.07 Å². The van der Waals surface area contributed by atoms with Gasteiger partial charge in [-0.1, -0.05) is 0 Å². The first-order chi connectivity index (χ1) is 8.91. The zero-order valence-corrected chi connectivity index (χ0v) is 9.98. The summed E-state index contributed by atoms with van der Waals surface area (Å²) in [5.41, 5.74) is 4.27. The first-order valence-electron chi connectivity index (χ1n) is 5.77. The van der Waals surface area contributed by atoms with Gasteiger partial charge in [0.1, 0.15) is 5.82 Å². The Morgan fingerprint density at radius 3 is 2.63 bits per heavy atom. The standard InChI is InChI=1S/C11H12F3N5/c12-11(13,14)8-6-9(18-10(16)17-8)19(5-1-4-15)7-2-3-7/h6-7H,1-3,5H2,(H2,16,17,18). The first-order valence-corrected chi connectivity index (χ1v) is 5.77. The lowest BCUT2D eigenvalue weighted by molar-refractivity contribution is -0.141. The molecule has 0 radical (unpaired) electrons. The van der Waals surface area contributed by atoms with E-state index in [2.05, 4.69) is 9.97 Å². The van der Waals surface area contributed by atoms with Crippen LogP contribution >= 0.6 is 0 Å². The van der Waals surface area contributed by atoms with Crippen molar-refractivity contribution in [2.24, 2.45) is 0 Å². The highest BCUT2D eigenvalue weighted by molar-refractivity contribution is 5.46. The Morgan fingerprint density at radius 1 is 1.42 bits per heavy atom. The minimum absolute atomic E-state index is 0.137. The van der Waals surface area contributed by atoms with E-state index in [-0.39, 0.29) is 18.3 Å². The molecule has 1 saturated carbocycles. The second-order valence-electron chi connectivity index (χ2n) is 4.30. The van der Waals surface area contributed by atoms with E-state index in [1.807, 2.05) is 6.07 Å². The first kappa shape index (κ1) is 13.4. The average Bonchev–Trinajstić information content (AvgIpc) is 3.12. The van der Waals surface area contributed by atoms with Crippen molar-refractivity contribution in [1.82, 2.24) is 9.97 Å². The van der Waals surface area contributed by atoms with E-state index in [0.717, 1.165) is 18.9 Å². The lowest BCUT2D eigenvalue weighted by Gasteiger charge is -2.23. The largest absolute Gasteiger partial charge is 0.433 e. The molecule has 0 aromatic carbocycles. The van der Waals surface area contributed by atoms with Crippen molar-refractivity contribution in [3.63, 3.8) is 0 Å². The van der Waals surface area contributed by atoms with Crippen LogP contribution in [0.25, 0.3) is 0 Å².